The van der Waals surface area contributed by atoms with E-state index in [1.54, 1.807) is 0 Å². The molecule has 112 valence electrons. The summed E-state index contributed by atoms with van der Waals surface area (Å²) in [6, 6.07) is 0. The van der Waals surface area contributed by atoms with Crippen molar-refractivity contribution in [1.29, 1.82) is 0 Å². The van der Waals surface area contributed by atoms with Crippen LogP contribution in [-0.4, -0.2) is 30.1 Å². The molecule has 1 saturated heterocycles. The zero-order valence-corrected chi connectivity index (χ0v) is 11.2. The second-order valence-electron chi connectivity index (χ2n) is 5.88. The molecular weight excluding hydrogens is 257 g/mol. The highest BCUT2D eigenvalue weighted by atomic mass is 19.4. The fourth-order valence-corrected chi connectivity index (χ4v) is 3.47. The zero-order chi connectivity index (χ0) is 13.9. The van der Waals surface area contributed by atoms with Gasteiger partial charge in [-0.25, -0.2) is 0 Å². The lowest BCUT2D eigenvalue weighted by molar-refractivity contribution is -0.207. The van der Waals surface area contributed by atoms with Gasteiger partial charge >= 0.3 is 6.18 Å². The van der Waals surface area contributed by atoms with Crippen LogP contribution in [0.25, 0.3) is 0 Å². The number of aliphatic hydroxyl groups is 1. The number of hydrogen-bond donors (Lipinski definition) is 1. The largest absolute Gasteiger partial charge is 0.393 e. The van der Waals surface area contributed by atoms with Crippen LogP contribution in [-0.2, 0) is 4.74 Å². The van der Waals surface area contributed by atoms with E-state index in [1.807, 2.05) is 0 Å². The molecule has 5 heteroatoms. The van der Waals surface area contributed by atoms with E-state index >= 15 is 0 Å². The van der Waals surface area contributed by atoms with Crippen LogP contribution in [0.4, 0.5) is 13.2 Å². The van der Waals surface area contributed by atoms with E-state index < -0.39 is 24.1 Å². The maximum absolute atomic E-state index is 13.0. The SMILES string of the molecule is OC(CCC1CCCO1)C1CCCCC1C(F)(F)F. The minimum absolute atomic E-state index is 0.141. The molecule has 0 aromatic carbocycles. The first-order valence-electron chi connectivity index (χ1n) is 7.35. The Kier molecular flexibility index (Phi) is 5.12. The van der Waals surface area contributed by atoms with Gasteiger partial charge in [0.2, 0.25) is 0 Å². The summed E-state index contributed by atoms with van der Waals surface area (Å²) in [7, 11) is 0. The summed E-state index contributed by atoms with van der Waals surface area (Å²) >= 11 is 0. The monoisotopic (exact) mass is 280 g/mol. The van der Waals surface area contributed by atoms with Gasteiger partial charge in [0, 0.05) is 6.61 Å². The Morgan fingerprint density at radius 2 is 1.84 bits per heavy atom. The van der Waals surface area contributed by atoms with Gasteiger partial charge in [-0.3, -0.25) is 0 Å². The van der Waals surface area contributed by atoms with Crippen molar-refractivity contribution < 1.29 is 23.0 Å². The molecule has 1 aliphatic heterocycles. The van der Waals surface area contributed by atoms with Gasteiger partial charge in [-0.15, -0.1) is 0 Å². The molecule has 1 N–H and O–H groups in total. The standard InChI is InChI=1S/C14H23F3O2/c15-14(16,17)12-6-2-1-5-11(12)13(18)8-7-10-4-3-9-19-10/h10-13,18H,1-9H2. The predicted molar refractivity (Wildman–Crippen MR) is 65.7 cm³/mol. The molecule has 0 spiro atoms. The maximum atomic E-state index is 13.0. The van der Waals surface area contributed by atoms with Gasteiger partial charge in [-0.1, -0.05) is 12.8 Å². The van der Waals surface area contributed by atoms with Crippen LogP contribution >= 0.6 is 0 Å². The summed E-state index contributed by atoms with van der Waals surface area (Å²) in [4.78, 5) is 0. The first-order valence-corrected chi connectivity index (χ1v) is 7.35. The quantitative estimate of drug-likeness (QED) is 0.851. The molecule has 19 heavy (non-hydrogen) atoms. The van der Waals surface area contributed by atoms with E-state index in [1.165, 1.54) is 0 Å². The van der Waals surface area contributed by atoms with Crippen LogP contribution in [0.15, 0.2) is 0 Å². The molecule has 0 aromatic heterocycles. The minimum Gasteiger partial charge on any atom is -0.393 e. The number of aliphatic hydroxyl groups excluding tert-OH is 1. The lowest BCUT2D eigenvalue weighted by atomic mass is 9.74. The normalized spacial score (nSPS) is 34.4. The molecule has 0 radical (unpaired) electrons. The molecule has 0 amide bonds. The van der Waals surface area contributed by atoms with Gasteiger partial charge in [0.25, 0.3) is 0 Å². The molecule has 4 unspecified atom stereocenters. The second-order valence-corrected chi connectivity index (χ2v) is 5.88. The molecule has 2 aliphatic rings. The average molecular weight is 280 g/mol. The fraction of sp³-hybridized carbons (Fsp3) is 1.00. The highest BCUT2D eigenvalue weighted by Crippen LogP contribution is 2.43. The lowest BCUT2D eigenvalue weighted by Gasteiger charge is -2.36. The summed E-state index contributed by atoms with van der Waals surface area (Å²) < 4.78 is 44.3. The Balaban J connectivity index is 1.85. The van der Waals surface area contributed by atoms with E-state index in [0.717, 1.165) is 25.9 Å². The number of alkyl halides is 3. The van der Waals surface area contributed by atoms with Gasteiger partial charge in [-0.05, 0) is 44.4 Å². The van der Waals surface area contributed by atoms with E-state index in [9.17, 15) is 18.3 Å². The Morgan fingerprint density at radius 3 is 2.47 bits per heavy atom. The van der Waals surface area contributed by atoms with Crippen LogP contribution in [0.5, 0.6) is 0 Å². The Hall–Kier alpha value is -0.290. The summed E-state index contributed by atoms with van der Waals surface area (Å²) in [5.41, 5.74) is 0. The van der Waals surface area contributed by atoms with Crippen molar-refractivity contribution >= 4 is 0 Å². The molecule has 1 aliphatic carbocycles. The summed E-state index contributed by atoms with van der Waals surface area (Å²) in [6.07, 6.45) is 0.337. The van der Waals surface area contributed by atoms with Gasteiger partial charge in [0.1, 0.15) is 0 Å². The summed E-state index contributed by atoms with van der Waals surface area (Å²) in [6.45, 7) is 0.745. The first-order chi connectivity index (χ1) is 8.98. The molecule has 0 aromatic rings. The van der Waals surface area contributed by atoms with Crippen molar-refractivity contribution in [2.24, 2.45) is 11.8 Å². The van der Waals surface area contributed by atoms with Crippen molar-refractivity contribution in [2.75, 3.05) is 6.61 Å². The number of rotatable bonds is 4. The van der Waals surface area contributed by atoms with Gasteiger partial charge in [0.15, 0.2) is 0 Å². The second kappa shape index (κ2) is 6.44. The van der Waals surface area contributed by atoms with E-state index in [4.69, 9.17) is 4.74 Å². The predicted octanol–water partition coefficient (Wildman–Crippen LogP) is 3.68. The Morgan fingerprint density at radius 1 is 1.11 bits per heavy atom. The average Bonchev–Trinajstić information content (AvgIpc) is 2.88. The maximum Gasteiger partial charge on any atom is 0.392 e. The first kappa shape index (κ1) is 15.1. The lowest BCUT2D eigenvalue weighted by Crippen LogP contribution is -2.39. The molecule has 4 atom stereocenters. The minimum atomic E-state index is -4.17. The third-order valence-corrected chi connectivity index (χ3v) is 4.54. The smallest absolute Gasteiger partial charge is 0.392 e. The zero-order valence-electron chi connectivity index (χ0n) is 11.2. The van der Waals surface area contributed by atoms with Crippen LogP contribution in [0.2, 0.25) is 0 Å². The summed E-state index contributed by atoms with van der Waals surface area (Å²) in [5.74, 6) is -1.93. The molecule has 1 heterocycles. The van der Waals surface area contributed by atoms with Gasteiger partial charge in [-0.2, -0.15) is 13.2 Å². The molecular formula is C14H23F3O2. The Bertz CT molecular complexity index is 274. The van der Waals surface area contributed by atoms with Crippen molar-refractivity contribution in [1.82, 2.24) is 0 Å². The number of hydrogen-bond acceptors (Lipinski definition) is 2. The van der Waals surface area contributed by atoms with E-state index in [0.29, 0.717) is 25.7 Å². The van der Waals surface area contributed by atoms with Crippen molar-refractivity contribution in [3.63, 3.8) is 0 Å². The van der Waals surface area contributed by atoms with Crippen molar-refractivity contribution in [3.05, 3.63) is 0 Å². The van der Waals surface area contributed by atoms with Crippen LogP contribution < -0.4 is 0 Å². The molecule has 2 fully saturated rings. The van der Waals surface area contributed by atoms with E-state index in [-0.39, 0.29) is 12.5 Å². The molecule has 0 bridgehead atoms. The third-order valence-electron chi connectivity index (χ3n) is 4.54. The molecule has 2 rings (SSSR count). The van der Waals surface area contributed by atoms with Crippen LogP contribution in [0.1, 0.15) is 51.4 Å². The summed E-state index contributed by atoms with van der Waals surface area (Å²) in [5, 5.41) is 10.1. The molecule has 1 saturated carbocycles. The van der Waals surface area contributed by atoms with Gasteiger partial charge < -0.3 is 9.84 Å². The fourth-order valence-electron chi connectivity index (χ4n) is 3.47. The third kappa shape index (κ3) is 4.09. The van der Waals surface area contributed by atoms with E-state index in [2.05, 4.69) is 0 Å². The van der Waals surface area contributed by atoms with Gasteiger partial charge in [0.05, 0.1) is 18.1 Å². The number of halogens is 3. The van der Waals surface area contributed by atoms with Crippen molar-refractivity contribution in [3.8, 4) is 0 Å². The van der Waals surface area contributed by atoms with Crippen LogP contribution in [0, 0.1) is 11.8 Å². The Labute approximate surface area is 112 Å². The topological polar surface area (TPSA) is 29.5 Å². The highest BCUT2D eigenvalue weighted by Gasteiger charge is 2.47. The highest BCUT2D eigenvalue weighted by molar-refractivity contribution is 4.85. The number of ether oxygens (including phenoxy) is 1. The van der Waals surface area contributed by atoms with Crippen LogP contribution in [0.3, 0.4) is 0 Å². The molecule has 2 nitrogen and oxygen atoms in total. The van der Waals surface area contributed by atoms with Crippen molar-refractivity contribution in [2.45, 2.75) is 69.8 Å².